The van der Waals surface area contributed by atoms with Gasteiger partial charge in [-0.3, -0.25) is 9.59 Å². The maximum absolute atomic E-state index is 10.2. The molecule has 0 aromatic heterocycles. The Balaban J connectivity index is 3.53. The molecule has 1 N–H and O–H groups in total. The number of carbonyl (C=O) groups is 2. The highest BCUT2D eigenvalue weighted by Crippen LogP contribution is 1.81. The summed E-state index contributed by atoms with van der Waals surface area (Å²) in [6.45, 7) is 0. The third kappa shape index (κ3) is 7.07. The van der Waals surface area contributed by atoms with Crippen LogP contribution in [0.15, 0.2) is 0 Å². The minimum atomic E-state index is -2.95. The summed E-state index contributed by atoms with van der Waals surface area (Å²) in [5.41, 5.74) is 0. The summed E-state index contributed by atoms with van der Waals surface area (Å²) in [6.07, 6.45) is 0. The molecule has 0 saturated carbocycles. The van der Waals surface area contributed by atoms with Crippen molar-refractivity contribution in [2.24, 2.45) is 0 Å². The first-order valence-corrected chi connectivity index (χ1v) is 3.25. The molecule has 0 aliphatic rings. The first-order valence-electron chi connectivity index (χ1n) is 2.25. The third-order valence-electron chi connectivity index (χ3n) is 0.512. The number of hydrogen-bond donors (Lipinski definition) is 1. The number of carbonyl (C=O) groups excluding carboxylic acids is 1. The van der Waals surface area contributed by atoms with Crippen LogP contribution in [0.4, 0.5) is 9.59 Å². The first kappa shape index (κ1) is 10.2. The molecule has 0 amide bonds. The largest absolute Gasteiger partial charge is 0.740 e. The van der Waals surface area contributed by atoms with Gasteiger partial charge in [-0.25, -0.2) is 4.21 Å². The van der Waals surface area contributed by atoms with Crippen molar-refractivity contribution >= 4 is 37.4 Å². The van der Waals surface area contributed by atoms with Crippen molar-refractivity contribution < 1.29 is 27.6 Å². The van der Waals surface area contributed by atoms with Crippen molar-refractivity contribution in [2.75, 3.05) is 0 Å². The Morgan fingerprint density at radius 2 is 2.00 bits per heavy atom. The lowest BCUT2D eigenvalue weighted by molar-refractivity contribution is 0.219. The molecule has 11 heavy (non-hydrogen) atoms. The molecule has 1 atom stereocenters. The van der Waals surface area contributed by atoms with Gasteiger partial charge in [0, 0.05) is 0 Å². The second-order valence-corrected chi connectivity index (χ2v) is 1.85. The molecule has 6 nitrogen and oxygen atoms in total. The van der Waals surface area contributed by atoms with Crippen molar-refractivity contribution in [3.8, 4) is 0 Å². The molecule has 58 valence electrons. The highest BCUT2D eigenvalue weighted by molar-refractivity contribution is 7.74. The van der Waals surface area contributed by atoms with E-state index in [9.17, 15) is 18.4 Å². The minimum Gasteiger partial charge on any atom is -0.740 e. The lowest BCUT2D eigenvalue weighted by Crippen LogP contribution is -2.23. The second-order valence-electron chi connectivity index (χ2n) is 1.28. The number of rotatable bonds is 4. The highest BCUT2D eigenvalue weighted by atomic mass is 32.2. The predicted octanol–water partition coefficient (Wildman–Crippen LogP) is -1.08. The maximum Gasteiger partial charge on any atom is 0.250 e. The molecule has 1 unspecified atom stereocenters. The first-order chi connectivity index (χ1) is 5.02. The van der Waals surface area contributed by atoms with E-state index in [4.69, 9.17) is 5.11 Å². The summed E-state index contributed by atoms with van der Waals surface area (Å²) < 4.78 is 22.8. The summed E-state index contributed by atoms with van der Waals surface area (Å²) in [7, 11) is 0.952. The van der Waals surface area contributed by atoms with Gasteiger partial charge in [0.2, 0.25) is 20.2 Å². The van der Waals surface area contributed by atoms with Crippen LogP contribution >= 0.6 is 0 Å². The van der Waals surface area contributed by atoms with E-state index >= 15 is 0 Å². The van der Waals surface area contributed by atoms with Crippen molar-refractivity contribution in [1.82, 2.24) is 0 Å². The van der Waals surface area contributed by atoms with Crippen LogP contribution in [0.3, 0.4) is 0 Å². The van der Waals surface area contributed by atoms with E-state index in [1.165, 1.54) is 0 Å². The Morgan fingerprint density at radius 1 is 1.45 bits per heavy atom. The van der Waals surface area contributed by atoms with Crippen molar-refractivity contribution in [2.45, 2.75) is 0 Å². The predicted molar refractivity (Wildman–Crippen MR) is 34.9 cm³/mol. The summed E-state index contributed by atoms with van der Waals surface area (Å²) in [4.78, 5) is 19.9. The number of carboxylic acid groups (broad SMARTS) is 1. The highest BCUT2D eigenvalue weighted by Gasteiger charge is 2.10. The molecule has 0 aromatic rings. The SMILES string of the molecule is O=C(O)[B][B]C(=O)OS(=O)[O-]. The topological polar surface area (TPSA) is 104 Å². The van der Waals surface area contributed by atoms with Gasteiger partial charge in [-0.15, -0.1) is 0 Å². The quantitative estimate of drug-likeness (QED) is 0.430. The van der Waals surface area contributed by atoms with Crippen LogP contribution in [0.2, 0.25) is 0 Å². The van der Waals surface area contributed by atoms with E-state index in [1.807, 2.05) is 0 Å². The van der Waals surface area contributed by atoms with E-state index < -0.39 is 23.1 Å². The van der Waals surface area contributed by atoms with Gasteiger partial charge in [0.1, 0.15) is 11.4 Å². The standard InChI is InChI=1S/C2H2B2O6S/c5-1(6)3-4-2(7)10-11(8)9/h(H,5,6)(H,8,9)/p-1. The van der Waals surface area contributed by atoms with Gasteiger partial charge in [-0.05, 0) is 0 Å². The average molecular weight is 175 g/mol. The van der Waals surface area contributed by atoms with Crippen molar-refractivity contribution in [1.29, 1.82) is 0 Å². The van der Waals surface area contributed by atoms with Crippen LogP contribution in [0.1, 0.15) is 0 Å². The Kier molecular flexibility index (Phi) is 4.55. The summed E-state index contributed by atoms with van der Waals surface area (Å²) in [5.74, 6) is -2.61. The van der Waals surface area contributed by atoms with E-state index in [0.717, 1.165) is 0 Å². The molecule has 0 bridgehead atoms. The molecule has 0 aromatic carbocycles. The van der Waals surface area contributed by atoms with E-state index in [-0.39, 0.29) is 0 Å². The van der Waals surface area contributed by atoms with E-state index in [2.05, 4.69) is 4.18 Å². The summed E-state index contributed by atoms with van der Waals surface area (Å²) >= 11 is -2.95. The van der Waals surface area contributed by atoms with Crippen LogP contribution in [0.25, 0.3) is 0 Å². The fraction of sp³-hybridized carbons (Fsp3) is 0. The molecule has 0 fully saturated rings. The molecule has 0 aliphatic carbocycles. The zero-order valence-electron chi connectivity index (χ0n) is 5.05. The second kappa shape index (κ2) is 4.91. The lowest BCUT2D eigenvalue weighted by atomic mass is 9.39. The smallest absolute Gasteiger partial charge is 0.250 e. The molecule has 0 saturated heterocycles. The average Bonchev–Trinajstić information content (AvgIpc) is 1.82. The molecular formula is C2HB2O6S-. The van der Waals surface area contributed by atoms with Gasteiger partial charge in [-0.1, -0.05) is 0 Å². The van der Waals surface area contributed by atoms with E-state index in [1.54, 1.807) is 0 Å². The molecule has 9 heteroatoms. The van der Waals surface area contributed by atoms with Gasteiger partial charge < -0.3 is 13.8 Å². The zero-order chi connectivity index (χ0) is 8.85. The lowest BCUT2D eigenvalue weighted by Gasteiger charge is -2.02. The van der Waals surface area contributed by atoms with Gasteiger partial charge in [0.15, 0.2) is 0 Å². The molecule has 0 spiro atoms. The zero-order valence-corrected chi connectivity index (χ0v) is 5.87. The molecule has 2 radical (unpaired) electrons. The van der Waals surface area contributed by atoms with Gasteiger partial charge in [-0.2, -0.15) is 0 Å². The van der Waals surface area contributed by atoms with Gasteiger partial charge >= 0.3 is 0 Å². The Bertz CT molecular complexity index is 191. The van der Waals surface area contributed by atoms with E-state index in [0.29, 0.717) is 14.3 Å². The molecular weight excluding hydrogens is 174 g/mol. The third-order valence-corrected chi connectivity index (χ3v) is 0.813. The van der Waals surface area contributed by atoms with Crippen LogP contribution in [-0.4, -0.2) is 39.9 Å². The van der Waals surface area contributed by atoms with Gasteiger partial charge in [0.05, 0.1) is 0 Å². The van der Waals surface area contributed by atoms with Gasteiger partial charge in [0.25, 0.3) is 5.87 Å². The minimum absolute atomic E-state index is 0.467. The van der Waals surface area contributed by atoms with Crippen LogP contribution < -0.4 is 0 Å². The fourth-order valence-corrected chi connectivity index (χ4v) is 0.424. The monoisotopic (exact) mass is 175 g/mol. The number of hydrogen-bond acceptors (Lipinski definition) is 5. The Hall–Kier alpha value is -0.820. The van der Waals surface area contributed by atoms with Crippen LogP contribution in [0, 0.1) is 0 Å². The molecule has 0 rings (SSSR count). The normalized spacial score (nSPS) is 11.4. The summed E-state index contributed by atoms with van der Waals surface area (Å²) in [6, 6.07) is 0. The molecule has 0 aliphatic heterocycles. The molecule has 0 heterocycles. The Labute approximate surface area is 65.9 Å². The van der Waals surface area contributed by atoms with Crippen LogP contribution in [0.5, 0.6) is 0 Å². The van der Waals surface area contributed by atoms with Crippen molar-refractivity contribution in [3.05, 3.63) is 0 Å². The van der Waals surface area contributed by atoms with Crippen molar-refractivity contribution in [3.63, 3.8) is 0 Å². The van der Waals surface area contributed by atoms with Crippen LogP contribution in [-0.2, 0) is 15.5 Å². The Morgan fingerprint density at radius 3 is 2.36 bits per heavy atom. The fourth-order valence-electron chi connectivity index (χ4n) is 0.234. The maximum atomic E-state index is 10.2. The summed E-state index contributed by atoms with van der Waals surface area (Å²) in [5, 5.41) is 7.95.